The van der Waals surface area contributed by atoms with Gasteiger partial charge in [-0.2, -0.15) is 4.68 Å². The van der Waals surface area contributed by atoms with Gasteiger partial charge >= 0.3 is 0 Å². The molecule has 37 heavy (non-hydrogen) atoms. The lowest BCUT2D eigenvalue weighted by molar-refractivity contribution is 0.0126. The Morgan fingerprint density at radius 3 is 2.57 bits per heavy atom. The predicted octanol–water partition coefficient (Wildman–Crippen LogP) is 0.890. The highest BCUT2D eigenvalue weighted by Crippen LogP contribution is 2.28. The molecule has 2 aromatic rings. The SMILES string of the molecule is CC(C)(C)c1cc(=N)n(C(=N)C(=N)/C=C(\O)CO)nc1OCc1ccc(C(=O)NN2CCOCC2)cn1. The lowest BCUT2D eigenvalue weighted by atomic mass is 9.88. The molecule has 1 fully saturated rings. The zero-order valence-corrected chi connectivity index (χ0v) is 21.0. The molecule has 2 aromatic heterocycles. The lowest BCUT2D eigenvalue weighted by Gasteiger charge is -2.26. The second-order valence-corrected chi connectivity index (χ2v) is 9.33. The monoisotopic (exact) mass is 512 g/mol. The topological polar surface area (TPSA) is 194 Å². The largest absolute Gasteiger partial charge is 0.510 e. The number of hydrogen-bond donors (Lipinski definition) is 6. The van der Waals surface area contributed by atoms with Crippen LogP contribution in [0.4, 0.5) is 0 Å². The highest BCUT2D eigenvalue weighted by Gasteiger charge is 2.23. The molecule has 1 aliphatic rings. The van der Waals surface area contributed by atoms with Gasteiger partial charge in [0.15, 0.2) is 5.84 Å². The number of allylic oxidation sites excluding steroid dienone is 1. The number of amides is 1. The third kappa shape index (κ3) is 7.29. The van der Waals surface area contributed by atoms with Gasteiger partial charge in [-0.15, -0.1) is 5.10 Å². The summed E-state index contributed by atoms with van der Waals surface area (Å²) in [6.07, 6.45) is 2.37. The van der Waals surface area contributed by atoms with Gasteiger partial charge in [0.2, 0.25) is 5.88 Å². The average molecular weight is 513 g/mol. The van der Waals surface area contributed by atoms with E-state index >= 15 is 0 Å². The number of aliphatic hydroxyl groups excluding tert-OH is 2. The molecule has 1 aliphatic heterocycles. The fraction of sp³-hybridized carbons (Fsp3) is 0.417. The molecule has 0 spiro atoms. The fourth-order valence-corrected chi connectivity index (χ4v) is 3.34. The summed E-state index contributed by atoms with van der Waals surface area (Å²) in [6, 6.07) is 4.81. The van der Waals surface area contributed by atoms with Crippen LogP contribution in [-0.4, -0.2) is 80.4 Å². The zero-order valence-electron chi connectivity index (χ0n) is 21.0. The summed E-state index contributed by atoms with van der Waals surface area (Å²) in [5, 5.41) is 49.0. The first-order valence-corrected chi connectivity index (χ1v) is 11.6. The van der Waals surface area contributed by atoms with Crippen molar-refractivity contribution in [3.63, 3.8) is 0 Å². The van der Waals surface area contributed by atoms with Crippen molar-refractivity contribution in [3.05, 3.63) is 58.5 Å². The van der Waals surface area contributed by atoms with Gasteiger partial charge in [-0.1, -0.05) is 20.8 Å². The van der Waals surface area contributed by atoms with Gasteiger partial charge in [-0.25, -0.2) is 5.01 Å². The van der Waals surface area contributed by atoms with Crippen LogP contribution in [0.2, 0.25) is 0 Å². The number of aliphatic hydroxyl groups is 2. The number of aromatic nitrogens is 3. The van der Waals surface area contributed by atoms with Gasteiger partial charge in [-0.3, -0.25) is 31.4 Å². The van der Waals surface area contributed by atoms with Crippen molar-refractivity contribution in [2.24, 2.45) is 0 Å². The Hall–Kier alpha value is -3.94. The maximum absolute atomic E-state index is 12.5. The van der Waals surface area contributed by atoms with Gasteiger partial charge in [0, 0.05) is 30.9 Å². The summed E-state index contributed by atoms with van der Waals surface area (Å²) in [6.45, 7) is 7.45. The van der Waals surface area contributed by atoms with Crippen LogP contribution in [0.15, 0.2) is 36.2 Å². The van der Waals surface area contributed by atoms with E-state index in [-0.39, 0.29) is 23.9 Å². The summed E-state index contributed by atoms with van der Waals surface area (Å²) >= 11 is 0. The van der Waals surface area contributed by atoms with Crippen molar-refractivity contribution in [3.8, 4) is 5.88 Å². The normalized spacial score (nSPS) is 14.8. The number of morpholine rings is 1. The maximum atomic E-state index is 12.5. The number of hydrazine groups is 1. The van der Waals surface area contributed by atoms with Crippen LogP contribution in [0.25, 0.3) is 0 Å². The van der Waals surface area contributed by atoms with E-state index in [2.05, 4.69) is 15.5 Å². The Morgan fingerprint density at radius 1 is 1.27 bits per heavy atom. The van der Waals surface area contributed by atoms with Crippen LogP contribution < -0.4 is 15.7 Å². The third-order valence-corrected chi connectivity index (χ3v) is 5.39. The quantitative estimate of drug-likeness (QED) is 0.170. The Balaban J connectivity index is 1.78. The number of pyridine rings is 1. The molecular weight excluding hydrogens is 480 g/mol. The van der Waals surface area contributed by atoms with Gasteiger partial charge < -0.3 is 19.7 Å². The Labute approximate surface area is 213 Å². The van der Waals surface area contributed by atoms with Crippen molar-refractivity contribution in [1.29, 1.82) is 16.2 Å². The van der Waals surface area contributed by atoms with E-state index in [1.54, 1.807) is 17.1 Å². The molecule has 13 heteroatoms. The Morgan fingerprint density at radius 2 is 1.97 bits per heavy atom. The molecule has 0 atom stereocenters. The van der Waals surface area contributed by atoms with Gasteiger partial charge in [-0.05, 0) is 23.6 Å². The summed E-state index contributed by atoms with van der Waals surface area (Å²) in [7, 11) is 0. The number of nitrogens with one attached hydrogen (secondary N) is 4. The molecule has 3 heterocycles. The summed E-state index contributed by atoms with van der Waals surface area (Å²) in [5.41, 5.74) is 3.32. The standard InChI is InChI=1S/C24H32N8O5/c1-24(2,3)18-11-20(26)32(21(27)19(25)10-17(34)13-33)30-23(18)37-14-16-5-4-15(12-28-16)22(35)29-31-6-8-36-9-7-31/h4-5,10-12,25-27,33-34H,6-9,13-14H2,1-3H3,(H,29,35)/b17-10-,25-19?,26-20?,27-21?. The zero-order chi connectivity index (χ0) is 27.2. The van der Waals surface area contributed by atoms with Crippen LogP contribution in [0.5, 0.6) is 5.88 Å². The van der Waals surface area contributed by atoms with Crippen molar-refractivity contribution in [1.82, 2.24) is 25.2 Å². The van der Waals surface area contributed by atoms with Crippen molar-refractivity contribution in [2.75, 3.05) is 32.9 Å². The molecule has 3 rings (SSSR count). The summed E-state index contributed by atoms with van der Waals surface area (Å²) < 4.78 is 12.1. The Bertz CT molecular complexity index is 1240. The van der Waals surface area contributed by atoms with E-state index < -0.39 is 29.3 Å². The molecule has 6 N–H and O–H groups in total. The molecule has 0 aromatic carbocycles. The fourth-order valence-electron chi connectivity index (χ4n) is 3.34. The maximum Gasteiger partial charge on any atom is 0.267 e. The first kappa shape index (κ1) is 27.6. The second kappa shape index (κ2) is 11.9. The van der Waals surface area contributed by atoms with E-state index in [9.17, 15) is 9.90 Å². The molecule has 1 saturated heterocycles. The van der Waals surface area contributed by atoms with Gasteiger partial charge in [0.05, 0.1) is 24.5 Å². The molecule has 0 aliphatic carbocycles. The molecule has 0 saturated carbocycles. The van der Waals surface area contributed by atoms with E-state index in [4.69, 9.17) is 30.8 Å². The molecule has 198 valence electrons. The minimum absolute atomic E-state index is 0.00870. The number of hydrogen-bond acceptors (Lipinski definition) is 11. The van der Waals surface area contributed by atoms with Crippen LogP contribution in [0.3, 0.4) is 0 Å². The number of ether oxygens (including phenoxy) is 2. The summed E-state index contributed by atoms with van der Waals surface area (Å²) in [5.74, 6) is -1.10. The molecule has 13 nitrogen and oxygen atoms in total. The van der Waals surface area contributed by atoms with E-state index in [0.29, 0.717) is 43.1 Å². The average Bonchev–Trinajstić information content (AvgIpc) is 2.87. The molecular formula is C24H32N8O5. The van der Waals surface area contributed by atoms with E-state index in [0.717, 1.165) is 10.8 Å². The molecule has 0 unspecified atom stereocenters. The van der Waals surface area contributed by atoms with E-state index in [1.807, 2.05) is 20.8 Å². The highest BCUT2D eigenvalue weighted by molar-refractivity contribution is 6.43. The van der Waals surface area contributed by atoms with Crippen LogP contribution >= 0.6 is 0 Å². The highest BCUT2D eigenvalue weighted by atomic mass is 16.5. The molecule has 1 amide bonds. The third-order valence-electron chi connectivity index (χ3n) is 5.39. The van der Waals surface area contributed by atoms with Crippen molar-refractivity contribution < 1.29 is 24.5 Å². The minimum atomic E-state index is -0.681. The first-order chi connectivity index (χ1) is 17.5. The second-order valence-electron chi connectivity index (χ2n) is 9.33. The number of rotatable bonds is 8. The molecule has 0 bridgehead atoms. The van der Waals surface area contributed by atoms with Crippen LogP contribution in [0.1, 0.15) is 42.4 Å². The van der Waals surface area contributed by atoms with Crippen LogP contribution in [-0.2, 0) is 16.8 Å². The van der Waals surface area contributed by atoms with Gasteiger partial charge in [0.1, 0.15) is 30.2 Å². The van der Waals surface area contributed by atoms with Crippen LogP contribution in [0, 0.1) is 16.2 Å². The number of nitrogens with zero attached hydrogens (tertiary/aromatic N) is 4. The first-order valence-electron chi connectivity index (χ1n) is 11.6. The van der Waals surface area contributed by atoms with Crippen molar-refractivity contribution >= 4 is 17.5 Å². The predicted molar refractivity (Wildman–Crippen MR) is 134 cm³/mol. The lowest BCUT2D eigenvalue weighted by Crippen LogP contribution is -2.48. The number of carbonyl (C=O) groups is 1. The van der Waals surface area contributed by atoms with Crippen molar-refractivity contribution in [2.45, 2.75) is 32.8 Å². The summed E-state index contributed by atoms with van der Waals surface area (Å²) in [4.78, 5) is 16.8. The minimum Gasteiger partial charge on any atom is -0.510 e. The Kier molecular flexibility index (Phi) is 8.86. The van der Waals surface area contributed by atoms with E-state index in [1.165, 1.54) is 12.3 Å². The molecule has 0 radical (unpaired) electrons. The van der Waals surface area contributed by atoms with Gasteiger partial charge in [0.25, 0.3) is 5.91 Å². The smallest absolute Gasteiger partial charge is 0.267 e. The number of carbonyl (C=O) groups excluding carboxylic acids is 1.